The van der Waals surface area contributed by atoms with E-state index in [4.69, 9.17) is 0 Å². The Balaban J connectivity index is 1.80. The lowest BCUT2D eigenvalue weighted by atomic mass is 10.2. The van der Waals surface area contributed by atoms with Crippen LogP contribution in [0.25, 0.3) is 11.0 Å². The number of alkyl halides is 3. The van der Waals surface area contributed by atoms with Crippen molar-refractivity contribution in [1.82, 2.24) is 19.9 Å². The number of nitrogens with zero attached hydrogens (tertiary/aromatic N) is 3. The van der Waals surface area contributed by atoms with Crippen LogP contribution in [0.5, 0.6) is 0 Å². The Morgan fingerprint density at radius 3 is 2.41 bits per heavy atom. The van der Waals surface area contributed by atoms with E-state index in [2.05, 4.69) is 25.6 Å². The van der Waals surface area contributed by atoms with Gasteiger partial charge in [0.25, 0.3) is 5.91 Å². The Hall–Kier alpha value is -3.30. The van der Waals surface area contributed by atoms with Crippen molar-refractivity contribution in [2.45, 2.75) is 20.0 Å². The second-order valence-electron chi connectivity index (χ2n) is 6.28. The van der Waals surface area contributed by atoms with E-state index in [1.54, 1.807) is 41.4 Å². The number of amides is 1. The van der Waals surface area contributed by atoms with E-state index >= 15 is 0 Å². The van der Waals surface area contributed by atoms with Crippen molar-refractivity contribution in [3.05, 3.63) is 42.1 Å². The first-order chi connectivity index (χ1) is 13.8. The van der Waals surface area contributed by atoms with Crippen LogP contribution in [0.1, 0.15) is 24.2 Å². The van der Waals surface area contributed by atoms with Gasteiger partial charge in [-0.25, -0.2) is 0 Å². The largest absolute Gasteiger partial charge is 0.405 e. The molecule has 2 aromatic heterocycles. The molecule has 154 valence electrons. The Morgan fingerprint density at radius 2 is 1.79 bits per heavy atom. The number of fused-ring (bicyclic) bond motifs is 1. The van der Waals surface area contributed by atoms with Crippen LogP contribution in [-0.4, -0.2) is 51.6 Å². The Morgan fingerprint density at radius 1 is 1.10 bits per heavy atom. The highest BCUT2D eigenvalue weighted by molar-refractivity contribution is 5.94. The predicted molar refractivity (Wildman–Crippen MR) is 105 cm³/mol. The van der Waals surface area contributed by atoms with Crippen LogP contribution in [0.4, 0.5) is 30.6 Å². The average Bonchev–Trinajstić information content (AvgIpc) is 3.15. The first-order valence-corrected chi connectivity index (χ1v) is 9.12. The molecule has 0 saturated heterocycles. The van der Waals surface area contributed by atoms with Crippen LogP contribution >= 0.6 is 0 Å². The van der Waals surface area contributed by atoms with Gasteiger partial charge in [0.15, 0.2) is 0 Å². The molecule has 3 rings (SSSR count). The lowest BCUT2D eigenvalue weighted by Crippen LogP contribution is -2.30. The summed E-state index contributed by atoms with van der Waals surface area (Å²) in [5, 5.41) is 5.72. The number of nitrogens with one attached hydrogen (secondary N) is 3. The third-order valence-electron chi connectivity index (χ3n) is 4.31. The number of carbonyl (C=O) groups excluding carboxylic acids is 1. The summed E-state index contributed by atoms with van der Waals surface area (Å²) in [5.41, 5.74) is 1.56. The molecule has 10 heteroatoms. The van der Waals surface area contributed by atoms with E-state index in [-0.39, 0.29) is 17.7 Å². The molecular weight excluding hydrogens is 385 g/mol. The first-order valence-electron chi connectivity index (χ1n) is 9.12. The molecule has 0 fully saturated rings. The molecule has 0 saturated carbocycles. The number of benzene rings is 1. The molecule has 3 N–H and O–H groups in total. The monoisotopic (exact) mass is 406 g/mol. The third kappa shape index (κ3) is 4.95. The van der Waals surface area contributed by atoms with E-state index in [9.17, 15) is 18.0 Å². The summed E-state index contributed by atoms with van der Waals surface area (Å²) in [5.74, 6) is 0.140. The van der Waals surface area contributed by atoms with E-state index in [0.29, 0.717) is 35.4 Å². The quantitative estimate of drug-likeness (QED) is 0.549. The van der Waals surface area contributed by atoms with Gasteiger partial charge in [-0.1, -0.05) is 0 Å². The SMILES string of the molecule is CCN(CC)C(=O)c1ccc(Nc2nc(NCC(F)(F)F)c3cc[nH]c3n2)cc1. The zero-order valence-corrected chi connectivity index (χ0v) is 16.0. The van der Waals surface area contributed by atoms with Crippen molar-refractivity contribution in [1.29, 1.82) is 0 Å². The molecule has 29 heavy (non-hydrogen) atoms. The maximum atomic E-state index is 12.6. The highest BCUT2D eigenvalue weighted by Gasteiger charge is 2.27. The Labute approximate surface area is 165 Å². The van der Waals surface area contributed by atoms with Gasteiger partial charge in [-0.2, -0.15) is 23.1 Å². The summed E-state index contributed by atoms with van der Waals surface area (Å²) in [7, 11) is 0. The molecule has 0 spiro atoms. The summed E-state index contributed by atoms with van der Waals surface area (Å²) < 4.78 is 37.7. The number of carbonyl (C=O) groups is 1. The second-order valence-corrected chi connectivity index (χ2v) is 6.28. The molecule has 7 nitrogen and oxygen atoms in total. The van der Waals surface area contributed by atoms with Crippen molar-refractivity contribution >= 4 is 34.4 Å². The molecule has 0 aliphatic carbocycles. The van der Waals surface area contributed by atoms with Crippen molar-refractivity contribution in [2.75, 3.05) is 30.3 Å². The van der Waals surface area contributed by atoms with Crippen LogP contribution in [-0.2, 0) is 0 Å². The Bertz CT molecular complexity index is 980. The summed E-state index contributed by atoms with van der Waals surface area (Å²) in [6, 6.07) is 8.35. The number of hydrogen-bond donors (Lipinski definition) is 3. The van der Waals surface area contributed by atoms with Crippen LogP contribution in [0.15, 0.2) is 36.5 Å². The fourth-order valence-corrected chi connectivity index (χ4v) is 2.83. The van der Waals surface area contributed by atoms with E-state index in [0.717, 1.165) is 0 Å². The van der Waals surface area contributed by atoms with Gasteiger partial charge < -0.3 is 20.5 Å². The van der Waals surface area contributed by atoms with Crippen LogP contribution in [0.2, 0.25) is 0 Å². The molecule has 0 bridgehead atoms. The van der Waals surface area contributed by atoms with Crippen molar-refractivity contribution < 1.29 is 18.0 Å². The number of rotatable bonds is 7. The van der Waals surface area contributed by atoms with E-state index < -0.39 is 12.7 Å². The van der Waals surface area contributed by atoms with Gasteiger partial charge in [-0.05, 0) is 44.2 Å². The van der Waals surface area contributed by atoms with Crippen LogP contribution in [0.3, 0.4) is 0 Å². The molecule has 0 aliphatic rings. The summed E-state index contributed by atoms with van der Waals surface area (Å²) in [6.07, 6.45) is -2.79. The molecular formula is C19H21F3N6O. The van der Waals surface area contributed by atoms with Gasteiger partial charge in [0.2, 0.25) is 5.95 Å². The third-order valence-corrected chi connectivity index (χ3v) is 4.31. The summed E-state index contributed by atoms with van der Waals surface area (Å²) in [4.78, 5) is 25.4. The van der Waals surface area contributed by atoms with Crippen molar-refractivity contribution in [3.63, 3.8) is 0 Å². The molecule has 2 heterocycles. The van der Waals surface area contributed by atoms with Gasteiger partial charge in [0.1, 0.15) is 18.0 Å². The fourth-order valence-electron chi connectivity index (χ4n) is 2.83. The van der Waals surface area contributed by atoms with Crippen LogP contribution in [0, 0.1) is 0 Å². The fraction of sp³-hybridized carbons (Fsp3) is 0.316. The van der Waals surface area contributed by atoms with Gasteiger partial charge >= 0.3 is 6.18 Å². The van der Waals surface area contributed by atoms with Gasteiger partial charge in [-0.3, -0.25) is 4.79 Å². The lowest BCUT2D eigenvalue weighted by Gasteiger charge is -2.18. The highest BCUT2D eigenvalue weighted by Crippen LogP contribution is 2.25. The maximum Gasteiger partial charge on any atom is 0.405 e. The molecule has 0 radical (unpaired) electrons. The van der Waals surface area contributed by atoms with Crippen LogP contribution < -0.4 is 10.6 Å². The summed E-state index contributed by atoms with van der Waals surface area (Å²) >= 11 is 0. The molecule has 0 aliphatic heterocycles. The topological polar surface area (TPSA) is 85.9 Å². The summed E-state index contributed by atoms with van der Waals surface area (Å²) in [6.45, 7) is 3.86. The minimum Gasteiger partial charge on any atom is -0.360 e. The number of halogens is 3. The zero-order valence-electron chi connectivity index (χ0n) is 16.0. The van der Waals surface area contributed by atoms with Crippen molar-refractivity contribution in [2.24, 2.45) is 0 Å². The molecule has 1 aromatic carbocycles. The number of aromatic amines is 1. The second kappa shape index (κ2) is 8.38. The number of aromatic nitrogens is 3. The zero-order chi connectivity index (χ0) is 21.0. The van der Waals surface area contributed by atoms with Crippen molar-refractivity contribution in [3.8, 4) is 0 Å². The van der Waals surface area contributed by atoms with Gasteiger partial charge in [-0.15, -0.1) is 0 Å². The molecule has 0 atom stereocenters. The number of H-pyrrole nitrogens is 1. The molecule has 0 unspecified atom stereocenters. The smallest absolute Gasteiger partial charge is 0.360 e. The minimum atomic E-state index is -4.37. The van der Waals surface area contributed by atoms with E-state index in [1.165, 1.54) is 0 Å². The minimum absolute atomic E-state index is 0.0655. The van der Waals surface area contributed by atoms with E-state index in [1.807, 2.05) is 13.8 Å². The molecule has 1 amide bonds. The standard InChI is InChI=1S/C19H21F3N6O/c1-3-28(4-2)17(29)12-5-7-13(8-6-12)25-18-26-15-14(9-10-23-15)16(27-18)24-11-19(20,21)22/h5-10H,3-4,11H2,1-2H3,(H3,23,24,25,26,27). The molecule has 3 aromatic rings. The highest BCUT2D eigenvalue weighted by atomic mass is 19.4. The predicted octanol–water partition coefficient (Wildman–Crippen LogP) is 4.16. The van der Waals surface area contributed by atoms with Gasteiger partial charge in [0, 0.05) is 30.5 Å². The number of hydrogen-bond acceptors (Lipinski definition) is 5. The normalized spacial score (nSPS) is 11.5. The Kier molecular flexibility index (Phi) is 5.90. The number of anilines is 3. The maximum absolute atomic E-state index is 12.6. The average molecular weight is 406 g/mol. The first kappa shape index (κ1) is 20.4. The lowest BCUT2D eigenvalue weighted by molar-refractivity contribution is -0.115. The van der Waals surface area contributed by atoms with Gasteiger partial charge in [0.05, 0.1) is 5.39 Å².